The highest BCUT2D eigenvalue weighted by molar-refractivity contribution is 5.77. The minimum Gasteiger partial charge on any atom is -0.370 e. The number of fused-ring (bicyclic) bond motifs is 1. The summed E-state index contributed by atoms with van der Waals surface area (Å²) >= 11 is 0. The third-order valence-corrected chi connectivity index (χ3v) is 4.08. The highest BCUT2D eigenvalue weighted by Crippen LogP contribution is 2.15. The summed E-state index contributed by atoms with van der Waals surface area (Å²) in [5, 5.41) is 3.13. The Labute approximate surface area is 147 Å². The summed E-state index contributed by atoms with van der Waals surface area (Å²) in [5.41, 5.74) is 9.18. The van der Waals surface area contributed by atoms with Crippen LogP contribution in [0.2, 0.25) is 0 Å². The van der Waals surface area contributed by atoms with Crippen molar-refractivity contribution in [3.63, 3.8) is 0 Å². The second-order valence-electron chi connectivity index (χ2n) is 5.92. The molecule has 2 heterocycles. The number of hydrogen-bond acceptors (Lipinski definition) is 3. The molecule has 3 N–H and O–H groups in total. The molecule has 0 fully saturated rings. The number of aromatic nitrogens is 3. The molecule has 3 aromatic rings. The van der Waals surface area contributed by atoms with Crippen LogP contribution in [0.1, 0.15) is 17.9 Å². The number of imidazole rings is 1. The molecule has 1 aromatic carbocycles. The van der Waals surface area contributed by atoms with Crippen molar-refractivity contribution in [3.05, 3.63) is 60.2 Å². The Bertz CT molecular complexity index is 838. The molecule has 25 heavy (non-hydrogen) atoms. The molecule has 6 heteroatoms. The number of aryl methyl sites for hydroxylation is 2. The molecule has 130 valence electrons. The van der Waals surface area contributed by atoms with Crippen LogP contribution >= 0.6 is 0 Å². The van der Waals surface area contributed by atoms with Gasteiger partial charge < -0.3 is 15.6 Å². The molecule has 0 bridgehead atoms. The number of benzene rings is 1. The van der Waals surface area contributed by atoms with Crippen LogP contribution in [0.5, 0.6) is 0 Å². The highest BCUT2D eigenvalue weighted by Gasteiger charge is 2.05. The van der Waals surface area contributed by atoms with Crippen LogP contribution in [0.3, 0.4) is 0 Å². The van der Waals surface area contributed by atoms with Gasteiger partial charge in [-0.05, 0) is 37.6 Å². The van der Waals surface area contributed by atoms with Gasteiger partial charge in [-0.25, -0.2) is 4.98 Å². The molecule has 6 nitrogen and oxygen atoms in total. The number of hydrogen-bond donors (Lipinski definition) is 2. The number of rotatable bonds is 7. The average Bonchev–Trinajstić information content (AvgIpc) is 2.95. The van der Waals surface area contributed by atoms with Gasteiger partial charge in [-0.2, -0.15) is 0 Å². The van der Waals surface area contributed by atoms with Crippen LogP contribution in [-0.2, 0) is 13.0 Å². The van der Waals surface area contributed by atoms with Gasteiger partial charge in [0.05, 0.1) is 11.0 Å². The minimum absolute atomic E-state index is 0.489. The Morgan fingerprint density at radius 2 is 2.04 bits per heavy atom. The number of para-hydroxylation sites is 2. The molecule has 0 aliphatic heterocycles. The van der Waals surface area contributed by atoms with Gasteiger partial charge in [-0.1, -0.05) is 18.2 Å². The van der Waals surface area contributed by atoms with Crippen LogP contribution in [0, 0.1) is 6.92 Å². The van der Waals surface area contributed by atoms with Gasteiger partial charge in [-0.3, -0.25) is 9.98 Å². The lowest BCUT2D eigenvalue weighted by molar-refractivity contribution is 0.647. The number of aliphatic imine (C=N–C) groups is 1. The Kier molecular flexibility index (Phi) is 5.61. The van der Waals surface area contributed by atoms with Crippen LogP contribution in [0.25, 0.3) is 11.0 Å². The van der Waals surface area contributed by atoms with Gasteiger partial charge in [0.15, 0.2) is 5.96 Å². The third kappa shape index (κ3) is 4.56. The van der Waals surface area contributed by atoms with Gasteiger partial charge in [0.1, 0.15) is 5.82 Å². The van der Waals surface area contributed by atoms with E-state index in [-0.39, 0.29) is 0 Å². The number of pyridine rings is 1. The second-order valence-corrected chi connectivity index (χ2v) is 5.92. The Morgan fingerprint density at radius 3 is 2.88 bits per heavy atom. The van der Waals surface area contributed by atoms with E-state index in [0.717, 1.165) is 43.0 Å². The summed E-state index contributed by atoms with van der Waals surface area (Å²) in [5.74, 6) is 1.52. The van der Waals surface area contributed by atoms with Gasteiger partial charge in [0, 0.05) is 37.9 Å². The first-order chi connectivity index (χ1) is 12.2. The molecule has 0 spiro atoms. The first-order valence-electron chi connectivity index (χ1n) is 8.59. The van der Waals surface area contributed by atoms with E-state index in [0.29, 0.717) is 12.5 Å². The lowest BCUT2D eigenvalue weighted by Gasteiger charge is -2.07. The van der Waals surface area contributed by atoms with E-state index >= 15 is 0 Å². The van der Waals surface area contributed by atoms with E-state index in [9.17, 15) is 0 Å². The predicted octanol–water partition coefficient (Wildman–Crippen LogP) is 2.28. The first-order valence-corrected chi connectivity index (χ1v) is 8.59. The quantitative estimate of drug-likeness (QED) is 0.394. The van der Waals surface area contributed by atoms with Gasteiger partial charge in [-0.15, -0.1) is 0 Å². The van der Waals surface area contributed by atoms with Crippen LogP contribution in [0.4, 0.5) is 0 Å². The van der Waals surface area contributed by atoms with E-state index in [1.165, 1.54) is 5.52 Å². The van der Waals surface area contributed by atoms with Crippen LogP contribution in [0.15, 0.2) is 53.7 Å². The zero-order valence-electron chi connectivity index (χ0n) is 14.5. The van der Waals surface area contributed by atoms with E-state index in [4.69, 9.17) is 5.73 Å². The number of guanidine groups is 1. The van der Waals surface area contributed by atoms with Crippen molar-refractivity contribution in [3.8, 4) is 0 Å². The number of nitrogens with one attached hydrogen (secondary N) is 1. The molecule has 0 saturated carbocycles. The van der Waals surface area contributed by atoms with Crippen molar-refractivity contribution in [1.82, 2.24) is 19.9 Å². The SMILES string of the molecule is Cc1nc2ccccc2n1CCCN=C(N)NCCc1ccccn1. The summed E-state index contributed by atoms with van der Waals surface area (Å²) in [6.45, 7) is 4.35. The standard InChI is InChI=1S/C19H24N6/c1-15-24-17-8-2-3-9-18(17)25(15)14-6-12-22-19(20)23-13-10-16-7-4-5-11-21-16/h2-5,7-9,11H,6,10,12-14H2,1H3,(H3,20,22,23). The van der Waals surface area contributed by atoms with Crippen molar-refractivity contribution in [2.45, 2.75) is 26.3 Å². The molecule has 3 rings (SSSR count). The van der Waals surface area contributed by atoms with E-state index < -0.39 is 0 Å². The number of nitrogens with two attached hydrogens (primary N) is 1. The van der Waals surface area contributed by atoms with Crippen LogP contribution < -0.4 is 11.1 Å². The molecule has 0 amide bonds. The number of nitrogens with zero attached hydrogens (tertiary/aromatic N) is 4. The lowest BCUT2D eigenvalue weighted by atomic mass is 10.3. The monoisotopic (exact) mass is 336 g/mol. The molecule has 0 aliphatic carbocycles. The minimum atomic E-state index is 0.489. The zero-order chi connectivity index (χ0) is 17.5. The molecule has 2 aromatic heterocycles. The summed E-state index contributed by atoms with van der Waals surface area (Å²) in [4.78, 5) is 13.3. The molecule has 0 saturated heterocycles. The fourth-order valence-corrected chi connectivity index (χ4v) is 2.83. The van der Waals surface area contributed by atoms with Crippen molar-refractivity contribution in [2.24, 2.45) is 10.7 Å². The Balaban J connectivity index is 1.44. The second kappa shape index (κ2) is 8.28. The van der Waals surface area contributed by atoms with E-state index in [1.54, 1.807) is 6.20 Å². The maximum atomic E-state index is 5.92. The van der Waals surface area contributed by atoms with Crippen molar-refractivity contribution < 1.29 is 0 Å². The third-order valence-electron chi connectivity index (χ3n) is 4.08. The highest BCUT2D eigenvalue weighted by atomic mass is 15.1. The van der Waals surface area contributed by atoms with E-state index in [1.807, 2.05) is 43.3 Å². The van der Waals surface area contributed by atoms with Gasteiger partial charge in [0.2, 0.25) is 0 Å². The van der Waals surface area contributed by atoms with Crippen LogP contribution in [-0.4, -0.2) is 33.6 Å². The normalized spacial score (nSPS) is 11.8. The molecule has 0 aliphatic rings. The topological polar surface area (TPSA) is 81.1 Å². The van der Waals surface area contributed by atoms with Crippen molar-refractivity contribution in [1.29, 1.82) is 0 Å². The maximum absolute atomic E-state index is 5.92. The fourth-order valence-electron chi connectivity index (χ4n) is 2.83. The van der Waals surface area contributed by atoms with Crippen molar-refractivity contribution >= 4 is 17.0 Å². The maximum Gasteiger partial charge on any atom is 0.188 e. The molecule has 0 unspecified atom stereocenters. The lowest BCUT2D eigenvalue weighted by Crippen LogP contribution is -2.33. The van der Waals surface area contributed by atoms with Crippen molar-refractivity contribution in [2.75, 3.05) is 13.1 Å². The fraction of sp³-hybridized carbons (Fsp3) is 0.316. The summed E-state index contributed by atoms with van der Waals surface area (Å²) in [6, 6.07) is 14.1. The first kappa shape index (κ1) is 17.0. The molecule has 0 radical (unpaired) electrons. The zero-order valence-corrected chi connectivity index (χ0v) is 14.5. The molecular formula is C19H24N6. The summed E-state index contributed by atoms with van der Waals surface area (Å²) in [7, 11) is 0. The molecular weight excluding hydrogens is 312 g/mol. The molecule has 0 atom stereocenters. The summed E-state index contributed by atoms with van der Waals surface area (Å²) in [6.07, 6.45) is 3.55. The predicted molar refractivity (Wildman–Crippen MR) is 102 cm³/mol. The summed E-state index contributed by atoms with van der Waals surface area (Å²) < 4.78 is 2.23. The van der Waals surface area contributed by atoms with Gasteiger partial charge >= 0.3 is 0 Å². The van der Waals surface area contributed by atoms with E-state index in [2.05, 4.69) is 30.9 Å². The Hall–Kier alpha value is -2.89. The average molecular weight is 336 g/mol. The Morgan fingerprint density at radius 1 is 1.20 bits per heavy atom. The smallest absolute Gasteiger partial charge is 0.188 e. The van der Waals surface area contributed by atoms with Gasteiger partial charge in [0.25, 0.3) is 0 Å². The largest absolute Gasteiger partial charge is 0.370 e.